The molecule has 1 unspecified atom stereocenters. The first-order valence-electron chi connectivity index (χ1n) is 11.5. The number of nitrogens with zero attached hydrogens (tertiary/aromatic N) is 3. The van der Waals surface area contributed by atoms with Gasteiger partial charge in [0.2, 0.25) is 5.91 Å². The van der Waals surface area contributed by atoms with Crippen molar-refractivity contribution in [2.24, 2.45) is 11.8 Å². The Balaban J connectivity index is 1.36. The van der Waals surface area contributed by atoms with Gasteiger partial charge in [-0.2, -0.15) is 0 Å². The van der Waals surface area contributed by atoms with Crippen LogP contribution in [-0.4, -0.2) is 34.1 Å². The molecular formula is C24H32FN3OS. The molecule has 4 nitrogen and oxygen atoms in total. The number of carbonyl (C=O) groups excluding carboxylic acids is 1. The Morgan fingerprint density at radius 2 is 1.97 bits per heavy atom. The van der Waals surface area contributed by atoms with E-state index in [4.69, 9.17) is 0 Å². The summed E-state index contributed by atoms with van der Waals surface area (Å²) >= 11 is 1.46. The zero-order valence-electron chi connectivity index (χ0n) is 17.9. The number of rotatable bonds is 6. The maximum atomic E-state index is 14.1. The highest BCUT2D eigenvalue weighted by atomic mass is 32.1. The van der Waals surface area contributed by atoms with Crippen LogP contribution in [0.15, 0.2) is 24.3 Å². The summed E-state index contributed by atoms with van der Waals surface area (Å²) in [6.45, 7) is 3.82. The fourth-order valence-electron chi connectivity index (χ4n) is 4.97. The molecule has 162 valence electrons. The Labute approximate surface area is 182 Å². The lowest BCUT2D eigenvalue weighted by Gasteiger charge is -2.36. The second-order valence-electron chi connectivity index (χ2n) is 8.91. The molecule has 6 heteroatoms. The van der Waals surface area contributed by atoms with Gasteiger partial charge < -0.3 is 4.90 Å². The minimum absolute atomic E-state index is 0.199. The van der Waals surface area contributed by atoms with Crippen molar-refractivity contribution >= 4 is 17.2 Å². The average Bonchev–Trinajstić information content (AvgIpc) is 3.28. The van der Waals surface area contributed by atoms with Crippen molar-refractivity contribution < 1.29 is 9.18 Å². The zero-order chi connectivity index (χ0) is 20.9. The van der Waals surface area contributed by atoms with Crippen LogP contribution in [0, 0.1) is 17.7 Å². The molecule has 1 saturated heterocycles. The molecule has 4 rings (SSSR count). The summed E-state index contributed by atoms with van der Waals surface area (Å²) in [4.78, 5) is 15.2. The van der Waals surface area contributed by atoms with Crippen LogP contribution >= 0.6 is 11.3 Å². The number of hydrogen-bond donors (Lipinski definition) is 0. The van der Waals surface area contributed by atoms with Crippen LogP contribution in [0.4, 0.5) is 4.39 Å². The number of halogens is 1. The van der Waals surface area contributed by atoms with Gasteiger partial charge >= 0.3 is 0 Å². The van der Waals surface area contributed by atoms with Gasteiger partial charge in [0, 0.05) is 30.5 Å². The first-order valence-corrected chi connectivity index (χ1v) is 12.3. The normalized spacial score (nSPS) is 24.7. The molecule has 30 heavy (non-hydrogen) atoms. The Morgan fingerprint density at radius 3 is 2.73 bits per heavy atom. The van der Waals surface area contributed by atoms with E-state index in [1.54, 1.807) is 12.1 Å². The van der Waals surface area contributed by atoms with Crippen LogP contribution < -0.4 is 0 Å². The standard InChI is InChI=1S/C24H32FN3OS/c1-2-3-7-17-11-13-18(14-12-17)24(29)28-15-6-8-19(16-28)22-26-27-23(30-22)20-9-4-5-10-21(20)25/h4-5,9-10,17-19H,2-3,6-8,11-16H2,1H3. The number of carbonyl (C=O) groups is 1. The molecule has 0 spiro atoms. The number of unbranched alkanes of at least 4 members (excludes halogenated alkanes) is 1. The fourth-order valence-corrected chi connectivity index (χ4v) is 5.97. The number of benzene rings is 1. The van der Waals surface area contributed by atoms with E-state index in [1.807, 2.05) is 6.07 Å². The predicted molar refractivity (Wildman–Crippen MR) is 119 cm³/mol. The summed E-state index contributed by atoms with van der Waals surface area (Å²) in [5.74, 6) is 1.30. The lowest BCUT2D eigenvalue weighted by Crippen LogP contribution is -2.43. The quantitative estimate of drug-likeness (QED) is 0.562. The third-order valence-corrected chi connectivity index (χ3v) is 7.91. The number of amides is 1. The molecule has 2 aromatic rings. The summed E-state index contributed by atoms with van der Waals surface area (Å²) < 4.78 is 14.1. The number of hydrogen-bond acceptors (Lipinski definition) is 4. The van der Waals surface area contributed by atoms with Crippen LogP contribution in [0.25, 0.3) is 10.6 Å². The summed E-state index contributed by atoms with van der Waals surface area (Å²) in [6.07, 6.45) is 10.4. The Morgan fingerprint density at radius 1 is 1.17 bits per heavy atom. The van der Waals surface area contributed by atoms with Crippen molar-refractivity contribution in [3.05, 3.63) is 35.1 Å². The minimum atomic E-state index is -0.268. The lowest BCUT2D eigenvalue weighted by atomic mass is 9.79. The van der Waals surface area contributed by atoms with E-state index in [-0.39, 0.29) is 17.7 Å². The Kier molecular flexibility index (Phi) is 7.13. The van der Waals surface area contributed by atoms with Crippen LogP contribution in [0.5, 0.6) is 0 Å². The Bertz CT molecular complexity index is 846. The molecule has 0 bridgehead atoms. The SMILES string of the molecule is CCCCC1CCC(C(=O)N2CCCC(c3nnc(-c4ccccc4F)s3)C2)CC1. The van der Waals surface area contributed by atoms with Gasteiger partial charge in [-0.25, -0.2) is 4.39 Å². The lowest BCUT2D eigenvalue weighted by molar-refractivity contribution is -0.138. The van der Waals surface area contributed by atoms with E-state index < -0.39 is 0 Å². The Hall–Kier alpha value is -1.82. The highest BCUT2D eigenvalue weighted by Gasteiger charge is 2.33. The van der Waals surface area contributed by atoms with Crippen molar-refractivity contribution in [2.75, 3.05) is 13.1 Å². The van der Waals surface area contributed by atoms with Crippen molar-refractivity contribution in [1.29, 1.82) is 0 Å². The predicted octanol–water partition coefficient (Wildman–Crippen LogP) is 6.05. The summed E-state index contributed by atoms with van der Waals surface area (Å²) in [5.41, 5.74) is 0.504. The zero-order valence-corrected chi connectivity index (χ0v) is 18.7. The third kappa shape index (κ3) is 4.90. The molecule has 0 N–H and O–H groups in total. The first-order chi connectivity index (χ1) is 14.7. The van der Waals surface area contributed by atoms with Crippen LogP contribution in [0.2, 0.25) is 0 Å². The van der Waals surface area contributed by atoms with Crippen molar-refractivity contribution in [1.82, 2.24) is 15.1 Å². The van der Waals surface area contributed by atoms with Crippen molar-refractivity contribution in [2.45, 2.75) is 70.6 Å². The molecule has 1 saturated carbocycles. The van der Waals surface area contributed by atoms with E-state index >= 15 is 0 Å². The second-order valence-corrected chi connectivity index (χ2v) is 9.92. The second kappa shape index (κ2) is 9.99. The third-order valence-electron chi connectivity index (χ3n) is 6.79. The van der Waals surface area contributed by atoms with E-state index in [1.165, 1.54) is 49.5 Å². The molecule has 1 aliphatic heterocycles. The van der Waals surface area contributed by atoms with E-state index in [0.717, 1.165) is 49.7 Å². The molecule has 1 atom stereocenters. The summed E-state index contributed by atoms with van der Waals surface area (Å²) in [6, 6.07) is 6.70. The summed E-state index contributed by atoms with van der Waals surface area (Å²) in [5, 5.41) is 10.2. The topological polar surface area (TPSA) is 46.1 Å². The number of likely N-dealkylation sites (tertiary alicyclic amines) is 1. The van der Waals surface area contributed by atoms with Gasteiger partial charge in [-0.15, -0.1) is 10.2 Å². The highest BCUT2D eigenvalue weighted by Crippen LogP contribution is 2.36. The summed E-state index contributed by atoms with van der Waals surface area (Å²) in [7, 11) is 0. The van der Waals surface area contributed by atoms with Gasteiger partial charge in [-0.3, -0.25) is 4.79 Å². The highest BCUT2D eigenvalue weighted by molar-refractivity contribution is 7.14. The van der Waals surface area contributed by atoms with Crippen molar-refractivity contribution in [3.8, 4) is 10.6 Å². The molecule has 1 amide bonds. The van der Waals surface area contributed by atoms with Gasteiger partial charge in [0.1, 0.15) is 10.8 Å². The van der Waals surface area contributed by atoms with Crippen LogP contribution in [-0.2, 0) is 4.79 Å². The molecule has 1 aliphatic carbocycles. The van der Waals surface area contributed by atoms with Crippen LogP contribution in [0.1, 0.15) is 75.6 Å². The first kappa shape index (κ1) is 21.4. The van der Waals surface area contributed by atoms with E-state index in [9.17, 15) is 9.18 Å². The van der Waals surface area contributed by atoms with Gasteiger partial charge in [-0.1, -0.05) is 49.7 Å². The van der Waals surface area contributed by atoms with Crippen molar-refractivity contribution in [3.63, 3.8) is 0 Å². The fraction of sp³-hybridized carbons (Fsp3) is 0.625. The smallest absolute Gasteiger partial charge is 0.225 e. The van der Waals surface area contributed by atoms with Gasteiger partial charge in [0.25, 0.3) is 0 Å². The largest absolute Gasteiger partial charge is 0.342 e. The maximum Gasteiger partial charge on any atom is 0.225 e. The molecular weight excluding hydrogens is 397 g/mol. The molecule has 1 aromatic carbocycles. The molecule has 2 fully saturated rings. The van der Waals surface area contributed by atoms with Gasteiger partial charge in [-0.05, 0) is 56.6 Å². The number of aromatic nitrogens is 2. The van der Waals surface area contributed by atoms with Gasteiger partial charge in [0.05, 0.1) is 0 Å². The van der Waals surface area contributed by atoms with Crippen LogP contribution in [0.3, 0.4) is 0 Å². The molecule has 1 aromatic heterocycles. The molecule has 2 aliphatic rings. The van der Waals surface area contributed by atoms with E-state index in [2.05, 4.69) is 22.0 Å². The maximum absolute atomic E-state index is 14.1. The van der Waals surface area contributed by atoms with Gasteiger partial charge in [0.15, 0.2) is 5.01 Å². The molecule has 0 radical (unpaired) electrons. The van der Waals surface area contributed by atoms with E-state index in [0.29, 0.717) is 16.5 Å². The molecule has 2 heterocycles. The number of piperidine rings is 1. The average molecular weight is 430 g/mol. The minimum Gasteiger partial charge on any atom is -0.342 e. The monoisotopic (exact) mass is 429 g/mol.